The summed E-state index contributed by atoms with van der Waals surface area (Å²) in [4.78, 5) is 0. The monoisotopic (exact) mass is 372 g/mol. The predicted octanol–water partition coefficient (Wildman–Crippen LogP) is 4.33. The number of ether oxygens (including phenoxy) is 1. The molecule has 0 saturated carbocycles. The van der Waals surface area contributed by atoms with Gasteiger partial charge in [0.1, 0.15) is 17.2 Å². The van der Waals surface area contributed by atoms with Gasteiger partial charge in [0.05, 0.1) is 12.3 Å². The molecule has 2 aromatic rings. The van der Waals surface area contributed by atoms with Gasteiger partial charge < -0.3 is 14.4 Å². The largest absolute Gasteiger partial charge is 0.494 e. The summed E-state index contributed by atoms with van der Waals surface area (Å²) in [5.74, 6) is 2.35. The molecule has 1 aliphatic rings. The molecule has 1 aliphatic heterocycles. The minimum Gasteiger partial charge on any atom is -0.494 e. The average molecular weight is 373 g/mol. The molecule has 0 aliphatic carbocycles. The zero-order valence-electron chi connectivity index (χ0n) is 16.5. The van der Waals surface area contributed by atoms with E-state index in [-0.39, 0.29) is 0 Å². The molecule has 1 fully saturated rings. The first-order valence-corrected chi connectivity index (χ1v) is 10.2. The highest BCUT2D eigenvalue weighted by molar-refractivity contribution is 5.31. The summed E-state index contributed by atoms with van der Waals surface area (Å²) < 4.78 is 11.1. The van der Waals surface area contributed by atoms with Gasteiger partial charge in [0.25, 0.3) is 0 Å². The molecule has 5 heteroatoms. The van der Waals surface area contributed by atoms with Crippen LogP contribution in [0.3, 0.4) is 0 Å². The number of benzene rings is 1. The molecule has 0 radical (unpaired) electrons. The van der Waals surface area contributed by atoms with Gasteiger partial charge in [-0.05, 0) is 49.8 Å². The zero-order chi connectivity index (χ0) is 19.1. The van der Waals surface area contributed by atoms with Crippen molar-refractivity contribution in [1.29, 1.82) is 0 Å². The molecule has 2 atom stereocenters. The maximum Gasteiger partial charge on any atom is 0.142 e. The summed E-state index contributed by atoms with van der Waals surface area (Å²) in [5, 5.41) is 17.8. The number of nitrogens with zero attached hydrogens (tertiary/aromatic N) is 1. The molecular formula is C22H32N2O3. The van der Waals surface area contributed by atoms with E-state index in [0.717, 1.165) is 61.6 Å². The van der Waals surface area contributed by atoms with E-state index in [1.807, 2.05) is 37.3 Å². The van der Waals surface area contributed by atoms with Crippen molar-refractivity contribution >= 4 is 0 Å². The van der Waals surface area contributed by atoms with Crippen LogP contribution in [0.1, 0.15) is 62.5 Å². The summed E-state index contributed by atoms with van der Waals surface area (Å²) >= 11 is 0. The van der Waals surface area contributed by atoms with Crippen molar-refractivity contribution in [1.82, 2.24) is 10.5 Å². The fourth-order valence-electron chi connectivity index (χ4n) is 3.69. The summed E-state index contributed by atoms with van der Waals surface area (Å²) in [6.45, 7) is 5.69. The van der Waals surface area contributed by atoms with E-state index < -0.39 is 5.72 Å². The van der Waals surface area contributed by atoms with Crippen LogP contribution in [0.4, 0.5) is 0 Å². The maximum atomic E-state index is 10.7. The number of aromatic nitrogens is 1. The predicted molar refractivity (Wildman–Crippen MR) is 106 cm³/mol. The Hall–Kier alpha value is -1.85. The quantitative estimate of drug-likeness (QED) is 0.608. The fourth-order valence-corrected chi connectivity index (χ4v) is 3.69. The molecule has 148 valence electrons. The molecule has 1 saturated heterocycles. The summed E-state index contributed by atoms with van der Waals surface area (Å²) in [5.41, 5.74) is 0.988. The molecule has 3 rings (SSSR count). The number of aliphatic hydroxyl groups is 1. The Morgan fingerprint density at radius 2 is 1.93 bits per heavy atom. The Balaban J connectivity index is 1.27. The van der Waals surface area contributed by atoms with Gasteiger partial charge in [0.15, 0.2) is 0 Å². The summed E-state index contributed by atoms with van der Waals surface area (Å²) in [6, 6.07) is 9.85. The van der Waals surface area contributed by atoms with E-state index in [2.05, 4.69) is 17.4 Å². The number of nitrogens with one attached hydrogen (secondary N) is 1. The van der Waals surface area contributed by atoms with E-state index in [4.69, 9.17) is 9.26 Å². The van der Waals surface area contributed by atoms with Gasteiger partial charge in [-0.25, -0.2) is 0 Å². The van der Waals surface area contributed by atoms with Crippen molar-refractivity contribution in [3.63, 3.8) is 0 Å². The smallest absolute Gasteiger partial charge is 0.142 e. The first-order valence-electron chi connectivity index (χ1n) is 10.2. The second-order valence-corrected chi connectivity index (χ2v) is 7.88. The highest BCUT2D eigenvalue weighted by atomic mass is 16.5. The SMILES string of the molecule is Cc1cc(CCCCCCCOc2ccc(C3(O)CC(C)CN3)cc2)on1. The first-order chi connectivity index (χ1) is 13.0. The molecule has 2 heterocycles. The third-order valence-corrected chi connectivity index (χ3v) is 5.23. The highest BCUT2D eigenvalue weighted by Crippen LogP contribution is 2.32. The second kappa shape index (κ2) is 9.38. The Morgan fingerprint density at radius 3 is 2.59 bits per heavy atom. The van der Waals surface area contributed by atoms with Crippen LogP contribution in [0.5, 0.6) is 5.75 Å². The van der Waals surface area contributed by atoms with E-state index in [9.17, 15) is 5.11 Å². The number of hydrogen-bond acceptors (Lipinski definition) is 5. The number of aryl methyl sites for hydroxylation is 2. The number of rotatable bonds is 10. The van der Waals surface area contributed by atoms with Gasteiger partial charge in [-0.3, -0.25) is 5.32 Å². The third-order valence-electron chi connectivity index (χ3n) is 5.23. The molecule has 0 bridgehead atoms. The van der Waals surface area contributed by atoms with Crippen LogP contribution >= 0.6 is 0 Å². The fraction of sp³-hybridized carbons (Fsp3) is 0.591. The molecule has 1 aromatic carbocycles. The lowest BCUT2D eigenvalue weighted by molar-refractivity contribution is 0.0177. The van der Waals surface area contributed by atoms with Gasteiger partial charge in [0.2, 0.25) is 0 Å². The van der Waals surface area contributed by atoms with Crippen LogP contribution in [0.2, 0.25) is 0 Å². The van der Waals surface area contributed by atoms with Crippen molar-refractivity contribution in [2.24, 2.45) is 5.92 Å². The lowest BCUT2D eigenvalue weighted by Crippen LogP contribution is -2.36. The molecule has 27 heavy (non-hydrogen) atoms. The molecule has 1 aromatic heterocycles. The van der Waals surface area contributed by atoms with E-state index >= 15 is 0 Å². The zero-order valence-corrected chi connectivity index (χ0v) is 16.5. The van der Waals surface area contributed by atoms with Crippen molar-refractivity contribution in [2.45, 2.75) is 64.5 Å². The van der Waals surface area contributed by atoms with Crippen LogP contribution in [0.15, 0.2) is 34.9 Å². The minimum absolute atomic E-state index is 0.491. The van der Waals surface area contributed by atoms with Gasteiger partial charge in [-0.15, -0.1) is 0 Å². The second-order valence-electron chi connectivity index (χ2n) is 7.88. The molecule has 2 N–H and O–H groups in total. The molecule has 0 amide bonds. The first kappa shape index (κ1) is 19.9. The van der Waals surface area contributed by atoms with Crippen molar-refractivity contribution < 1.29 is 14.4 Å². The van der Waals surface area contributed by atoms with Crippen LogP contribution < -0.4 is 10.1 Å². The molecule has 5 nitrogen and oxygen atoms in total. The van der Waals surface area contributed by atoms with E-state index in [1.165, 1.54) is 19.3 Å². The summed E-state index contributed by atoms with van der Waals surface area (Å²) in [6.07, 6.45) is 7.53. The van der Waals surface area contributed by atoms with Crippen LogP contribution in [0.25, 0.3) is 0 Å². The van der Waals surface area contributed by atoms with E-state index in [1.54, 1.807) is 0 Å². The Bertz CT molecular complexity index is 698. The number of unbranched alkanes of at least 4 members (excludes halogenated alkanes) is 4. The lowest BCUT2D eigenvalue weighted by Gasteiger charge is -2.23. The highest BCUT2D eigenvalue weighted by Gasteiger charge is 2.36. The Labute approximate surface area is 162 Å². The average Bonchev–Trinajstić information content (AvgIpc) is 3.23. The summed E-state index contributed by atoms with van der Waals surface area (Å²) in [7, 11) is 0. The van der Waals surface area contributed by atoms with Crippen molar-refractivity contribution in [2.75, 3.05) is 13.2 Å². The van der Waals surface area contributed by atoms with Crippen molar-refractivity contribution in [3.05, 3.63) is 47.3 Å². The Kier molecular flexibility index (Phi) is 6.91. The molecule has 2 unspecified atom stereocenters. The minimum atomic E-state index is -0.887. The van der Waals surface area contributed by atoms with Gasteiger partial charge >= 0.3 is 0 Å². The number of hydrogen-bond donors (Lipinski definition) is 2. The van der Waals surface area contributed by atoms with Gasteiger partial charge in [-0.1, -0.05) is 43.5 Å². The Morgan fingerprint density at radius 1 is 1.19 bits per heavy atom. The van der Waals surface area contributed by atoms with Crippen LogP contribution in [-0.4, -0.2) is 23.4 Å². The molecular weight excluding hydrogens is 340 g/mol. The van der Waals surface area contributed by atoms with Crippen molar-refractivity contribution in [3.8, 4) is 5.75 Å². The standard InChI is InChI=1S/C22H32N2O3/c1-17-15-22(25,23-16-17)19-9-11-20(12-10-19)26-13-7-5-3-4-6-8-21-14-18(2)24-27-21/h9-12,14,17,23,25H,3-8,13,15-16H2,1-2H3. The normalized spacial score (nSPS) is 22.3. The third kappa shape index (κ3) is 5.81. The van der Waals surface area contributed by atoms with Crippen LogP contribution in [0, 0.1) is 12.8 Å². The molecule has 0 spiro atoms. The van der Waals surface area contributed by atoms with Gasteiger partial charge in [0, 0.05) is 19.0 Å². The van der Waals surface area contributed by atoms with Gasteiger partial charge in [-0.2, -0.15) is 0 Å². The lowest BCUT2D eigenvalue weighted by atomic mass is 9.97. The topological polar surface area (TPSA) is 67.5 Å². The van der Waals surface area contributed by atoms with Crippen LogP contribution in [-0.2, 0) is 12.1 Å². The maximum absolute atomic E-state index is 10.7. The van der Waals surface area contributed by atoms with E-state index in [0.29, 0.717) is 5.92 Å².